The average molecular weight is 466 g/mol. The molecule has 2 atom stereocenters. The number of hydrogen-bond acceptors (Lipinski definition) is 5. The monoisotopic (exact) mass is 465 g/mol. The topological polar surface area (TPSA) is 90.7 Å². The largest absolute Gasteiger partial charge is 0.508 e. The molecule has 1 aromatic heterocycles. The van der Waals surface area contributed by atoms with E-state index < -0.39 is 12.1 Å². The van der Waals surface area contributed by atoms with Gasteiger partial charge < -0.3 is 15.3 Å². The standard InChI is InChI=1S/C24H24ClN5O3/c25-19-3-1-2-4-21(19)30-14-17(12-26-30)13-28-9-10-29-22(15-28)23(32)27-20(24(29)33)11-16-5-7-18(31)8-6-16/h1-8,12,14,20,22,31H,9-11,13,15H2,(H,27,32)/t20-,22+/m0/s1. The van der Waals surface area contributed by atoms with Gasteiger partial charge in [-0.15, -0.1) is 0 Å². The maximum absolute atomic E-state index is 13.1. The van der Waals surface area contributed by atoms with Gasteiger partial charge in [0.25, 0.3) is 0 Å². The summed E-state index contributed by atoms with van der Waals surface area (Å²) in [5, 5.41) is 17.4. The number of aromatic hydroxyl groups is 1. The third-order valence-electron chi connectivity index (χ3n) is 6.18. The van der Waals surface area contributed by atoms with Gasteiger partial charge in [0.1, 0.15) is 17.8 Å². The normalized spacial score (nSPS) is 21.1. The molecule has 2 N–H and O–H groups in total. The van der Waals surface area contributed by atoms with Crippen molar-refractivity contribution in [1.82, 2.24) is 24.9 Å². The van der Waals surface area contributed by atoms with Crippen LogP contribution in [0.5, 0.6) is 5.75 Å². The van der Waals surface area contributed by atoms with Crippen LogP contribution in [0.25, 0.3) is 5.69 Å². The number of fused-ring (bicyclic) bond motifs is 1. The lowest BCUT2D eigenvalue weighted by Crippen LogP contribution is -2.69. The van der Waals surface area contributed by atoms with Crippen molar-refractivity contribution in [2.24, 2.45) is 0 Å². The van der Waals surface area contributed by atoms with E-state index in [1.807, 2.05) is 30.5 Å². The van der Waals surface area contributed by atoms with Crippen LogP contribution in [-0.2, 0) is 22.6 Å². The molecule has 5 rings (SSSR count). The molecule has 2 aliphatic rings. The number of phenolic OH excluding ortho intramolecular Hbond substituents is 1. The van der Waals surface area contributed by atoms with Crippen molar-refractivity contribution in [2.75, 3.05) is 19.6 Å². The van der Waals surface area contributed by atoms with Crippen LogP contribution in [0.4, 0.5) is 0 Å². The van der Waals surface area contributed by atoms with Crippen LogP contribution in [0.1, 0.15) is 11.1 Å². The number of carbonyl (C=O) groups excluding carboxylic acids is 2. The Balaban J connectivity index is 1.23. The Hall–Kier alpha value is -3.36. The summed E-state index contributed by atoms with van der Waals surface area (Å²) in [5.74, 6) is -0.0138. The molecule has 0 unspecified atom stereocenters. The van der Waals surface area contributed by atoms with E-state index in [1.165, 1.54) is 0 Å². The Kier molecular flexibility index (Phi) is 5.78. The molecule has 3 heterocycles. The summed E-state index contributed by atoms with van der Waals surface area (Å²) in [4.78, 5) is 29.8. The molecule has 2 aliphatic heterocycles. The van der Waals surface area contributed by atoms with E-state index in [4.69, 9.17) is 11.6 Å². The van der Waals surface area contributed by atoms with Crippen molar-refractivity contribution in [3.63, 3.8) is 0 Å². The molecule has 2 fully saturated rings. The van der Waals surface area contributed by atoms with Crippen LogP contribution in [0, 0.1) is 0 Å². The number of nitrogens with zero attached hydrogens (tertiary/aromatic N) is 4. The van der Waals surface area contributed by atoms with E-state index in [0.29, 0.717) is 37.6 Å². The minimum Gasteiger partial charge on any atom is -0.508 e. The molecular weight excluding hydrogens is 442 g/mol. The summed E-state index contributed by atoms with van der Waals surface area (Å²) < 4.78 is 1.75. The van der Waals surface area contributed by atoms with Crippen LogP contribution < -0.4 is 5.32 Å². The fourth-order valence-corrected chi connectivity index (χ4v) is 4.70. The first-order valence-electron chi connectivity index (χ1n) is 10.9. The zero-order valence-electron chi connectivity index (χ0n) is 17.9. The number of aromatic nitrogens is 2. The predicted octanol–water partition coefficient (Wildman–Crippen LogP) is 1.99. The van der Waals surface area contributed by atoms with Crippen molar-refractivity contribution >= 4 is 23.4 Å². The van der Waals surface area contributed by atoms with Gasteiger partial charge in [0, 0.05) is 44.4 Å². The minimum atomic E-state index is -0.585. The number of phenols is 1. The van der Waals surface area contributed by atoms with Gasteiger partial charge in [0.2, 0.25) is 11.8 Å². The van der Waals surface area contributed by atoms with E-state index in [-0.39, 0.29) is 17.6 Å². The highest BCUT2D eigenvalue weighted by molar-refractivity contribution is 6.32. The fraction of sp³-hybridized carbons (Fsp3) is 0.292. The zero-order chi connectivity index (χ0) is 22.9. The first-order valence-corrected chi connectivity index (χ1v) is 11.3. The summed E-state index contributed by atoms with van der Waals surface area (Å²) in [5.41, 5.74) is 2.71. The maximum atomic E-state index is 13.1. The molecule has 170 valence electrons. The molecule has 0 bridgehead atoms. The van der Waals surface area contributed by atoms with Crippen molar-refractivity contribution < 1.29 is 14.7 Å². The molecule has 0 saturated carbocycles. The number of halogens is 1. The van der Waals surface area contributed by atoms with Gasteiger partial charge in [0.05, 0.1) is 16.9 Å². The van der Waals surface area contributed by atoms with E-state index in [1.54, 1.807) is 40.0 Å². The summed E-state index contributed by atoms with van der Waals surface area (Å²) in [6.07, 6.45) is 4.14. The Morgan fingerprint density at radius 2 is 1.85 bits per heavy atom. The van der Waals surface area contributed by atoms with Crippen LogP contribution in [0.3, 0.4) is 0 Å². The molecule has 0 radical (unpaired) electrons. The SMILES string of the molecule is O=C1N[C@@H](Cc2ccc(O)cc2)C(=O)N2CCN(Cc3cnn(-c4ccccc4Cl)c3)C[C@H]12. The quantitative estimate of drug-likeness (QED) is 0.601. The van der Waals surface area contributed by atoms with Gasteiger partial charge in [-0.25, -0.2) is 4.68 Å². The average Bonchev–Trinajstić information content (AvgIpc) is 3.27. The number of hydrogen-bond donors (Lipinski definition) is 2. The summed E-state index contributed by atoms with van der Waals surface area (Å²) in [6, 6.07) is 13.1. The number of carbonyl (C=O) groups is 2. The van der Waals surface area contributed by atoms with Crippen molar-refractivity contribution in [2.45, 2.75) is 25.0 Å². The number of benzene rings is 2. The van der Waals surface area contributed by atoms with Gasteiger partial charge in [-0.2, -0.15) is 5.10 Å². The third-order valence-corrected chi connectivity index (χ3v) is 6.50. The molecule has 9 heteroatoms. The molecule has 0 aliphatic carbocycles. The molecule has 2 saturated heterocycles. The summed E-state index contributed by atoms with van der Waals surface area (Å²) >= 11 is 6.27. The fourth-order valence-electron chi connectivity index (χ4n) is 4.48. The van der Waals surface area contributed by atoms with Crippen LogP contribution in [-0.4, -0.2) is 68.2 Å². The first-order chi connectivity index (χ1) is 16.0. The van der Waals surface area contributed by atoms with Crippen molar-refractivity contribution in [1.29, 1.82) is 0 Å². The van der Waals surface area contributed by atoms with Gasteiger partial charge in [-0.3, -0.25) is 14.5 Å². The second-order valence-electron chi connectivity index (χ2n) is 8.46. The molecule has 33 heavy (non-hydrogen) atoms. The lowest BCUT2D eigenvalue weighted by Gasteiger charge is -2.45. The highest BCUT2D eigenvalue weighted by atomic mass is 35.5. The maximum Gasteiger partial charge on any atom is 0.246 e. The molecule has 8 nitrogen and oxygen atoms in total. The highest BCUT2D eigenvalue weighted by Crippen LogP contribution is 2.22. The van der Waals surface area contributed by atoms with E-state index in [2.05, 4.69) is 15.3 Å². The van der Waals surface area contributed by atoms with Crippen molar-refractivity contribution in [3.05, 3.63) is 77.1 Å². The van der Waals surface area contributed by atoms with E-state index >= 15 is 0 Å². The minimum absolute atomic E-state index is 0.0566. The van der Waals surface area contributed by atoms with Gasteiger partial charge >= 0.3 is 0 Å². The third kappa shape index (κ3) is 4.44. The Morgan fingerprint density at radius 1 is 1.06 bits per heavy atom. The smallest absolute Gasteiger partial charge is 0.246 e. The molecule has 2 aromatic carbocycles. The van der Waals surface area contributed by atoms with E-state index in [0.717, 1.165) is 16.8 Å². The van der Waals surface area contributed by atoms with Gasteiger partial charge in [-0.05, 0) is 29.8 Å². The van der Waals surface area contributed by atoms with Gasteiger partial charge in [0.15, 0.2) is 0 Å². The Labute approximate surface area is 196 Å². The van der Waals surface area contributed by atoms with Crippen LogP contribution in [0.15, 0.2) is 60.9 Å². The Morgan fingerprint density at radius 3 is 2.64 bits per heavy atom. The number of piperazine rings is 2. The lowest BCUT2D eigenvalue weighted by atomic mass is 9.98. The molecule has 0 spiro atoms. The molecule has 2 amide bonds. The van der Waals surface area contributed by atoms with Crippen LogP contribution in [0.2, 0.25) is 5.02 Å². The van der Waals surface area contributed by atoms with Crippen LogP contribution >= 0.6 is 11.6 Å². The number of amides is 2. The van der Waals surface area contributed by atoms with Gasteiger partial charge in [-0.1, -0.05) is 35.9 Å². The summed E-state index contributed by atoms with van der Waals surface area (Å²) in [7, 11) is 0. The Bertz CT molecular complexity index is 1180. The predicted molar refractivity (Wildman–Crippen MR) is 123 cm³/mol. The molecular formula is C24H24ClN5O3. The molecule has 3 aromatic rings. The second kappa shape index (κ2) is 8.88. The lowest BCUT2D eigenvalue weighted by molar-refractivity contribution is -0.153. The highest BCUT2D eigenvalue weighted by Gasteiger charge is 2.43. The number of para-hydroxylation sites is 1. The summed E-state index contributed by atoms with van der Waals surface area (Å²) in [6.45, 7) is 2.29. The van der Waals surface area contributed by atoms with Crippen molar-refractivity contribution in [3.8, 4) is 11.4 Å². The number of nitrogens with one attached hydrogen (secondary N) is 1. The number of rotatable bonds is 5. The second-order valence-corrected chi connectivity index (χ2v) is 8.87. The zero-order valence-corrected chi connectivity index (χ0v) is 18.7. The van der Waals surface area contributed by atoms with E-state index in [9.17, 15) is 14.7 Å². The first kappa shape index (κ1) is 21.5.